The van der Waals surface area contributed by atoms with E-state index in [2.05, 4.69) is 17.1 Å². The van der Waals surface area contributed by atoms with Gasteiger partial charge in [0.15, 0.2) is 0 Å². The minimum absolute atomic E-state index is 0.0135. The van der Waals surface area contributed by atoms with Gasteiger partial charge in [-0.3, -0.25) is 9.69 Å². The highest BCUT2D eigenvalue weighted by molar-refractivity contribution is 5.86. The Kier molecular flexibility index (Phi) is 5.19. The molecule has 1 unspecified atom stereocenters. The third kappa shape index (κ3) is 3.91. The summed E-state index contributed by atoms with van der Waals surface area (Å²) in [5.74, 6) is -0.0135. The smallest absolute Gasteiger partial charge is 0.240 e. The third-order valence-corrected chi connectivity index (χ3v) is 4.46. The Bertz CT molecular complexity index is 303. The van der Waals surface area contributed by atoms with Crippen LogP contribution in [0.1, 0.15) is 39.0 Å². The number of likely N-dealkylation sites (tertiary alicyclic amines) is 1. The van der Waals surface area contributed by atoms with Gasteiger partial charge in [-0.05, 0) is 39.2 Å². The van der Waals surface area contributed by atoms with Crippen molar-refractivity contribution in [2.75, 3.05) is 32.8 Å². The minimum atomic E-state index is -0.717. The fourth-order valence-electron chi connectivity index (χ4n) is 2.94. The van der Waals surface area contributed by atoms with Crippen molar-refractivity contribution < 1.29 is 9.53 Å². The van der Waals surface area contributed by atoms with Crippen LogP contribution in [0.4, 0.5) is 0 Å². The van der Waals surface area contributed by atoms with Gasteiger partial charge in [0.05, 0.1) is 5.54 Å². The second-order valence-corrected chi connectivity index (χ2v) is 5.91. The topological polar surface area (TPSA) is 67.6 Å². The van der Waals surface area contributed by atoms with Gasteiger partial charge in [0.25, 0.3) is 0 Å². The molecule has 0 aromatic rings. The number of piperidine rings is 1. The van der Waals surface area contributed by atoms with Crippen molar-refractivity contribution in [3.8, 4) is 0 Å². The van der Waals surface area contributed by atoms with Crippen LogP contribution in [0.3, 0.4) is 0 Å². The van der Waals surface area contributed by atoms with Crippen LogP contribution in [0.5, 0.6) is 0 Å². The zero-order valence-electron chi connectivity index (χ0n) is 12.0. The average Bonchev–Trinajstić information content (AvgIpc) is 2.41. The molecule has 2 rings (SSSR count). The summed E-state index contributed by atoms with van der Waals surface area (Å²) in [5, 5.41) is 3.00. The number of nitrogens with zero attached hydrogens (tertiary/aromatic N) is 1. The minimum Gasteiger partial charge on any atom is -0.381 e. The van der Waals surface area contributed by atoms with E-state index < -0.39 is 5.54 Å². The molecule has 1 amide bonds. The summed E-state index contributed by atoms with van der Waals surface area (Å²) in [4.78, 5) is 14.6. The normalized spacial score (nSPS) is 28.0. The molecule has 5 heteroatoms. The lowest BCUT2D eigenvalue weighted by Crippen LogP contribution is -2.57. The molecule has 2 saturated heterocycles. The number of ether oxygens (including phenoxy) is 1. The van der Waals surface area contributed by atoms with E-state index in [9.17, 15) is 4.79 Å². The Morgan fingerprint density at radius 1 is 1.42 bits per heavy atom. The van der Waals surface area contributed by atoms with E-state index in [4.69, 9.17) is 10.5 Å². The predicted molar refractivity (Wildman–Crippen MR) is 74.9 cm³/mol. The van der Waals surface area contributed by atoms with Gasteiger partial charge in [-0.2, -0.15) is 0 Å². The standard InChI is InChI=1S/C14H27N3O2/c1-12-4-2-3-8-17(12)9-7-16-13(18)14(15)5-10-19-11-6-14/h12H,2-11,15H2,1H3,(H,16,18). The summed E-state index contributed by atoms with van der Waals surface area (Å²) in [6, 6.07) is 0.639. The largest absolute Gasteiger partial charge is 0.381 e. The van der Waals surface area contributed by atoms with Crippen LogP contribution < -0.4 is 11.1 Å². The zero-order chi connectivity index (χ0) is 13.7. The van der Waals surface area contributed by atoms with Crippen LogP contribution in [0.25, 0.3) is 0 Å². The first-order valence-electron chi connectivity index (χ1n) is 7.51. The molecule has 19 heavy (non-hydrogen) atoms. The van der Waals surface area contributed by atoms with E-state index in [1.807, 2.05) is 0 Å². The van der Waals surface area contributed by atoms with Gasteiger partial charge in [-0.25, -0.2) is 0 Å². The predicted octanol–water partition coefficient (Wildman–Crippen LogP) is 0.485. The van der Waals surface area contributed by atoms with Crippen LogP contribution in [0.15, 0.2) is 0 Å². The van der Waals surface area contributed by atoms with Crippen molar-refractivity contribution in [2.45, 2.75) is 50.6 Å². The molecule has 3 N–H and O–H groups in total. The van der Waals surface area contributed by atoms with Gasteiger partial charge >= 0.3 is 0 Å². The highest BCUT2D eigenvalue weighted by Crippen LogP contribution is 2.18. The Balaban J connectivity index is 1.71. The zero-order valence-corrected chi connectivity index (χ0v) is 12.0. The Morgan fingerprint density at radius 3 is 2.84 bits per heavy atom. The molecule has 110 valence electrons. The van der Waals surface area contributed by atoms with Gasteiger partial charge < -0.3 is 15.8 Å². The molecular formula is C14H27N3O2. The molecule has 0 aliphatic carbocycles. The number of rotatable bonds is 4. The molecule has 2 aliphatic heterocycles. The Labute approximate surface area is 115 Å². The lowest BCUT2D eigenvalue weighted by Gasteiger charge is -2.34. The molecule has 1 atom stereocenters. The van der Waals surface area contributed by atoms with Gasteiger partial charge in [-0.15, -0.1) is 0 Å². The van der Waals surface area contributed by atoms with Gasteiger partial charge in [-0.1, -0.05) is 6.42 Å². The number of carbonyl (C=O) groups is 1. The number of hydrogen-bond acceptors (Lipinski definition) is 4. The number of amides is 1. The van der Waals surface area contributed by atoms with Crippen molar-refractivity contribution in [1.29, 1.82) is 0 Å². The molecular weight excluding hydrogens is 242 g/mol. The fourth-order valence-corrected chi connectivity index (χ4v) is 2.94. The summed E-state index contributed by atoms with van der Waals surface area (Å²) in [7, 11) is 0. The van der Waals surface area contributed by atoms with E-state index in [-0.39, 0.29) is 5.91 Å². The number of carbonyl (C=O) groups excluding carboxylic acids is 1. The molecule has 2 heterocycles. The summed E-state index contributed by atoms with van der Waals surface area (Å²) in [6.07, 6.45) is 5.12. The van der Waals surface area contributed by atoms with Gasteiger partial charge in [0.2, 0.25) is 5.91 Å². The third-order valence-electron chi connectivity index (χ3n) is 4.46. The van der Waals surface area contributed by atoms with Crippen LogP contribution in [0, 0.1) is 0 Å². The molecule has 0 bridgehead atoms. The van der Waals surface area contributed by atoms with E-state index in [1.165, 1.54) is 19.3 Å². The van der Waals surface area contributed by atoms with Gasteiger partial charge in [0, 0.05) is 32.3 Å². The molecule has 0 aromatic heterocycles. The molecule has 0 spiro atoms. The summed E-state index contributed by atoms with van der Waals surface area (Å²) in [6.45, 7) is 6.23. The lowest BCUT2D eigenvalue weighted by atomic mass is 9.90. The molecule has 0 radical (unpaired) electrons. The van der Waals surface area contributed by atoms with E-state index in [1.54, 1.807) is 0 Å². The fraction of sp³-hybridized carbons (Fsp3) is 0.929. The number of hydrogen-bond donors (Lipinski definition) is 2. The second-order valence-electron chi connectivity index (χ2n) is 5.91. The first kappa shape index (κ1) is 14.8. The number of nitrogens with one attached hydrogen (secondary N) is 1. The maximum absolute atomic E-state index is 12.1. The SMILES string of the molecule is CC1CCCCN1CCNC(=O)C1(N)CCOCC1. The Morgan fingerprint density at radius 2 is 2.16 bits per heavy atom. The maximum Gasteiger partial charge on any atom is 0.240 e. The van der Waals surface area contributed by atoms with Crippen molar-refractivity contribution in [3.63, 3.8) is 0 Å². The first-order valence-corrected chi connectivity index (χ1v) is 7.51. The number of nitrogens with two attached hydrogens (primary N) is 1. The monoisotopic (exact) mass is 269 g/mol. The highest BCUT2D eigenvalue weighted by Gasteiger charge is 2.35. The van der Waals surface area contributed by atoms with E-state index >= 15 is 0 Å². The van der Waals surface area contributed by atoms with Crippen LogP contribution in [0.2, 0.25) is 0 Å². The molecule has 2 fully saturated rings. The van der Waals surface area contributed by atoms with E-state index in [0.717, 1.165) is 13.1 Å². The summed E-state index contributed by atoms with van der Waals surface area (Å²) in [5.41, 5.74) is 5.43. The molecule has 5 nitrogen and oxygen atoms in total. The Hall–Kier alpha value is -0.650. The average molecular weight is 269 g/mol. The summed E-state index contributed by atoms with van der Waals surface area (Å²) < 4.78 is 5.26. The van der Waals surface area contributed by atoms with Crippen LogP contribution >= 0.6 is 0 Å². The van der Waals surface area contributed by atoms with Gasteiger partial charge in [0.1, 0.15) is 0 Å². The van der Waals surface area contributed by atoms with Crippen LogP contribution in [-0.2, 0) is 9.53 Å². The molecule has 0 saturated carbocycles. The maximum atomic E-state index is 12.1. The van der Waals surface area contributed by atoms with Crippen molar-refractivity contribution >= 4 is 5.91 Å². The van der Waals surface area contributed by atoms with E-state index in [0.29, 0.717) is 38.6 Å². The van der Waals surface area contributed by atoms with Crippen LogP contribution in [-0.4, -0.2) is 55.2 Å². The van der Waals surface area contributed by atoms with Crippen molar-refractivity contribution in [3.05, 3.63) is 0 Å². The van der Waals surface area contributed by atoms with Crippen molar-refractivity contribution in [1.82, 2.24) is 10.2 Å². The highest BCUT2D eigenvalue weighted by atomic mass is 16.5. The first-order chi connectivity index (χ1) is 9.12. The molecule has 0 aromatic carbocycles. The summed E-state index contributed by atoms with van der Waals surface area (Å²) >= 11 is 0. The second kappa shape index (κ2) is 6.68. The molecule has 2 aliphatic rings. The quantitative estimate of drug-likeness (QED) is 0.779. The van der Waals surface area contributed by atoms with Crippen molar-refractivity contribution in [2.24, 2.45) is 5.73 Å². The lowest BCUT2D eigenvalue weighted by molar-refractivity contribution is -0.129.